The highest BCUT2D eigenvalue weighted by Crippen LogP contribution is 2.60. The molecule has 208 valence electrons. The zero-order valence-corrected chi connectivity index (χ0v) is 22.7. The predicted molar refractivity (Wildman–Crippen MR) is 151 cm³/mol. The standard InChI is InChI=1S/C31H26ClN3O6/c32-26-12-22(35(39)40)5-7-24(26)27-8-6-23(41-27)13-25-28(36)33-30(38)34(29(25)37)21-3-1-20(2-4-21)31-14-17-9-18(15-31)11-19(10-17)16-31/h1-8,12-13,17-19H,9-11,14-16H2,(H,33,36,38)/b25-13+. The third kappa shape index (κ3) is 4.35. The molecule has 10 heteroatoms. The minimum Gasteiger partial charge on any atom is -0.457 e. The summed E-state index contributed by atoms with van der Waals surface area (Å²) in [5, 5.41) is 13.4. The van der Waals surface area contributed by atoms with E-state index in [1.807, 2.05) is 12.1 Å². The highest BCUT2D eigenvalue weighted by molar-refractivity contribution is 6.39. The number of nitrogens with one attached hydrogen (secondary N) is 1. The summed E-state index contributed by atoms with van der Waals surface area (Å²) in [5.41, 5.74) is 1.84. The van der Waals surface area contributed by atoms with E-state index in [1.54, 1.807) is 24.3 Å². The van der Waals surface area contributed by atoms with Crippen molar-refractivity contribution >= 4 is 46.9 Å². The van der Waals surface area contributed by atoms with Gasteiger partial charge in [-0.25, -0.2) is 9.69 Å². The Kier molecular flexibility index (Phi) is 5.90. The SMILES string of the molecule is O=C1NC(=O)N(c2ccc(C34CC5CC(CC(C5)C3)C4)cc2)C(=O)/C1=C/c1ccc(-c2ccc([N+](=O)[O-])cc2Cl)o1. The van der Waals surface area contributed by atoms with Crippen molar-refractivity contribution in [3.05, 3.63) is 86.6 Å². The van der Waals surface area contributed by atoms with Gasteiger partial charge in [0, 0.05) is 17.7 Å². The van der Waals surface area contributed by atoms with Crippen molar-refractivity contribution in [3.63, 3.8) is 0 Å². The number of hydrogen-bond donors (Lipinski definition) is 1. The van der Waals surface area contributed by atoms with Crippen molar-refractivity contribution in [2.75, 3.05) is 4.90 Å². The third-order valence-corrected chi connectivity index (χ3v) is 9.53. The number of non-ortho nitro benzene ring substituents is 1. The number of barbiturate groups is 1. The topological polar surface area (TPSA) is 123 Å². The second kappa shape index (κ2) is 9.41. The summed E-state index contributed by atoms with van der Waals surface area (Å²) in [5.74, 6) is 1.29. The summed E-state index contributed by atoms with van der Waals surface area (Å²) in [6.45, 7) is 0. The molecular weight excluding hydrogens is 546 g/mol. The fourth-order valence-corrected chi connectivity index (χ4v) is 8.12. The van der Waals surface area contributed by atoms with Gasteiger partial charge in [0.2, 0.25) is 0 Å². The van der Waals surface area contributed by atoms with Crippen LogP contribution in [0.4, 0.5) is 16.2 Å². The first-order chi connectivity index (χ1) is 19.7. The van der Waals surface area contributed by atoms with Crippen LogP contribution in [0.3, 0.4) is 0 Å². The summed E-state index contributed by atoms with van der Waals surface area (Å²) in [7, 11) is 0. The number of hydrogen-bond acceptors (Lipinski definition) is 6. The molecule has 4 bridgehead atoms. The lowest BCUT2D eigenvalue weighted by molar-refractivity contribution is -0.384. The number of amides is 4. The number of nitro groups is 1. The lowest BCUT2D eigenvalue weighted by Gasteiger charge is -2.57. The fourth-order valence-electron chi connectivity index (χ4n) is 7.86. The minimum absolute atomic E-state index is 0.119. The number of rotatable bonds is 5. The lowest BCUT2D eigenvalue weighted by Crippen LogP contribution is -2.54. The molecule has 3 aromatic rings. The highest BCUT2D eigenvalue weighted by Gasteiger charge is 2.51. The van der Waals surface area contributed by atoms with Crippen LogP contribution < -0.4 is 10.2 Å². The van der Waals surface area contributed by atoms with Crippen molar-refractivity contribution in [2.45, 2.75) is 43.9 Å². The third-order valence-electron chi connectivity index (χ3n) is 9.22. The van der Waals surface area contributed by atoms with E-state index in [2.05, 4.69) is 5.32 Å². The smallest absolute Gasteiger partial charge is 0.335 e. The predicted octanol–water partition coefficient (Wildman–Crippen LogP) is 6.64. The monoisotopic (exact) mass is 571 g/mol. The number of carbonyl (C=O) groups is 3. The molecule has 0 unspecified atom stereocenters. The van der Waals surface area contributed by atoms with Gasteiger partial charge in [0.15, 0.2) is 0 Å². The highest BCUT2D eigenvalue weighted by atomic mass is 35.5. The van der Waals surface area contributed by atoms with E-state index in [4.69, 9.17) is 16.0 Å². The van der Waals surface area contributed by atoms with E-state index >= 15 is 0 Å². The molecule has 0 atom stereocenters. The molecule has 1 saturated heterocycles. The van der Waals surface area contributed by atoms with E-state index in [9.17, 15) is 24.5 Å². The molecular formula is C31H26ClN3O6. The van der Waals surface area contributed by atoms with Gasteiger partial charge in [-0.15, -0.1) is 0 Å². The number of nitrogens with zero attached hydrogens (tertiary/aromatic N) is 2. The van der Waals surface area contributed by atoms with Crippen molar-refractivity contribution in [2.24, 2.45) is 17.8 Å². The Hall–Kier alpha value is -4.24. The molecule has 1 aliphatic heterocycles. The molecule has 1 aromatic heterocycles. The van der Waals surface area contributed by atoms with Crippen molar-refractivity contribution < 1.29 is 23.7 Å². The van der Waals surface area contributed by atoms with E-state index in [0.717, 1.165) is 22.7 Å². The molecule has 2 aromatic carbocycles. The Morgan fingerprint density at radius 3 is 2.22 bits per heavy atom. The number of anilines is 1. The first-order valence-corrected chi connectivity index (χ1v) is 14.1. The Balaban J connectivity index is 1.14. The number of benzene rings is 2. The number of imide groups is 2. The zero-order valence-electron chi connectivity index (χ0n) is 22.0. The van der Waals surface area contributed by atoms with Crippen LogP contribution in [0, 0.1) is 27.9 Å². The van der Waals surface area contributed by atoms with Gasteiger partial charge in [0.25, 0.3) is 17.5 Å². The first kappa shape index (κ1) is 25.7. The van der Waals surface area contributed by atoms with Crippen LogP contribution >= 0.6 is 11.6 Å². The largest absolute Gasteiger partial charge is 0.457 e. The van der Waals surface area contributed by atoms with E-state index in [0.29, 0.717) is 17.0 Å². The average Bonchev–Trinajstić information content (AvgIpc) is 3.39. The molecule has 4 saturated carbocycles. The molecule has 2 heterocycles. The molecule has 9 nitrogen and oxygen atoms in total. The molecule has 5 aliphatic rings. The van der Waals surface area contributed by atoms with Crippen LogP contribution in [0.25, 0.3) is 17.4 Å². The number of furan rings is 1. The maximum atomic E-state index is 13.4. The fraction of sp³-hybridized carbons (Fsp3) is 0.323. The number of nitro benzene ring substituents is 1. The van der Waals surface area contributed by atoms with Crippen LogP contribution in [0.15, 0.2) is 64.6 Å². The Morgan fingerprint density at radius 2 is 1.61 bits per heavy atom. The van der Waals surface area contributed by atoms with Gasteiger partial charge in [0.1, 0.15) is 17.1 Å². The number of carbonyl (C=O) groups excluding carboxylic acids is 3. The molecule has 4 aliphatic carbocycles. The quantitative estimate of drug-likeness (QED) is 0.158. The lowest BCUT2D eigenvalue weighted by atomic mass is 9.48. The van der Waals surface area contributed by atoms with Crippen molar-refractivity contribution in [1.82, 2.24) is 5.32 Å². The summed E-state index contributed by atoms with van der Waals surface area (Å²) in [6, 6.07) is 14.0. The molecule has 1 N–H and O–H groups in total. The van der Waals surface area contributed by atoms with Gasteiger partial charge < -0.3 is 4.42 Å². The van der Waals surface area contributed by atoms with E-state index in [-0.39, 0.29) is 27.5 Å². The Morgan fingerprint density at radius 1 is 0.951 bits per heavy atom. The van der Waals surface area contributed by atoms with Crippen LogP contribution in [-0.4, -0.2) is 22.8 Å². The van der Waals surface area contributed by atoms with Crippen LogP contribution in [0.1, 0.15) is 49.8 Å². The van der Waals surface area contributed by atoms with Gasteiger partial charge in [-0.1, -0.05) is 23.7 Å². The molecule has 41 heavy (non-hydrogen) atoms. The number of urea groups is 1. The molecule has 4 amide bonds. The summed E-state index contributed by atoms with van der Waals surface area (Å²) in [6.07, 6.45) is 8.93. The van der Waals surface area contributed by atoms with E-state index < -0.39 is 22.8 Å². The van der Waals surface area contributed by atoms with Gasteiger partial charge >= 0.3 is 6.03 Å². The van der Waals surface area contributed by atoms with E-state index in [1.165, 1.54) is 68.4 Å². The first-order valence-electron chi connectivity index (χ1n) is 13.8. The second-order valence-electron chi connectivity index (χ2n) is 11.8. The van der Waals surface area contributed by atoms with Gasteiger partial charge in [-0.3, -0.25) is 25.0 Å². The normalized spacial score (nSPS) is 27.9. The van der Waals surface area contributed by atoms with Gasteiger partial charge in [-0.05, 0) is 104 Å². The molecule has 0 radical (unpaired) electrons. The average molecular weight is 572 g/mol. The second-order valence-corrected chi connectivity index (χ2v) is 12.2. The summed E-state index contributed by atoms with van der Waals surface area (Å²) >= 11 is 6.21. The minimum atomic E-state index is -0.826. The van der Waals surface area contributed by atoms with Gasteiger partial charge in [0.05, 0.1) is 15.6 Å². The zero-order chi connectivity index (χ0) is 28.5. The molecule has 5 fully saturated rings. The maximum absolute atomic E-state index is 13.4. The van der Waals surface area contributed by atoms with Crippen LogP contribution in [0.2, 0.25) is 5.02 Å². The Bertz CT molecular complexity index is 1620. The summed E-state index contributed by atoms with van der Waals surface area (Å²) < 4.78 is 5.78. The van der Waals surface area contributed by atoms with Crippen LogP contribution in [-0.2, 0) is 15.0 Å². The van der Waals surface area contributed by atoms with Gasteiger partial charge in [-0.2, -0.15) is 0 Å². The molecule has 0 spiro atoms. The number of halogens is 1. The van der Waals surface area contributed by atoms with Crippen molar-refractivity contribution in [1.29, 1.82) is 0 Å². The van der Waals surface area contributed by atoms with Crippen LogP contribution in [0.5, 0.6) is 0 Å². The Labute approximate surface area is 240 Å². The van der Waals surface area contributed by atoms with Crippen molar-refractivity contribution in [3.8, 4) is 11.3 Å². The molecule has 8 rings (SSSR count). The summed E-state index contributed by atoms with van der Waals surface area (Å²) in [4.78, 5) is 50.3. The maximum Gasteiger partial charge on any atom is 0.335 e.